The lowest BCUT2D eigenvalue weighted by Gasteiger charge is -2.35. The van der Waals surface area contributed by atoms with Crippen LogP contribution in [0.25, 0.3) is 0 Å². The van der Waals surface area contributed by atoms with Crippen LogP contribution in [0.15, 0.2) is 79.9 Å². The molecule has 3 N–H and O–H groups in total. The van der Waals surface area contributed by atoms with Crippen molar-refractivity contribution in [1.82, 2.24) is 15.2 Å². The van der Waals surface area contributed by atoms with E-state index in [-0.39, 0.29) is 17.8 Å². The molecule has 1 amide bonds. The summed E-state index contributed by atoms with van der Waals surface area (Å²) in [6.07, 6.45) is 1.16. The second-order valence-corrected chi connectivity index (χ2v) is 9.15. The monoisotopic (exact) mass is 525 g/mol. The highest BCUT2D eigenvalue weighted by atomic mass is 16.6. The van der Waals surface area contributed by atoms with E-state index in [4.69, 9.17) is 5.26 Å². The molecular weight excluding hydrogens is 502 g/mol. The molecule has 13 heteroatoms. The number of nitro benzene ring substituents is 1. The Hall–Kier alpha value is -5.38. The average Bonchev–Trinajstić information content (AvgIpc) is 3.24. The van der Waals surface area contributed by atoms with E-state index in [1.165, 1.54) is 12.1 Å². The van der Waals surface area contributed by atoms with Gasteiger partial charge in [0, 0.05) is 30.0 Å². The molecule has 2 heterocycles. The quantitative estimate of drug-likeness (QED) is 0.239. The van der Waals surface area contributed by atoms with E-state index in [0.717, 1.165) is 16.8 Å². The van der Waals surface area contributed by atoms with Crippen molar-refractivity contribution in [3.05, 3.63) is 91.4 Å². The van der Waals surface area contributed by atoms with Crippen molar-refractivity contribution in [2.45, 2.75) is 38.6 Å². The van der Waals surface area contributed by atoms with Crippen molar-refractivity contribution in [3.8, 4) is 6.07 Å². The lowest BCUT2D eigenvalue weighted by Crippen LogP contribution is -2.30. The molecule has 1 aliphatic carbocycles. The molecule has 3 aromatic rings. The van der Waals surface area contributed by atoms with Crippen LogP contribution < -0.4 is 16.3 Å². The summed E-state index contributed by atoms with van der Waals surface area (Å²) < 4.78 is 1.64. The third-order valence-corrected chi connectivity index (χ3v) is 6.50. The zero-order valence-electron chi connectivity index (χ0n) is 20.8. The van der Waals surface area contributed by atoms with Crippen molar-refractivity contribution in [2.75, 3.05) is 5.32 Å². The highest BCUT2D eigenvalue weighted by molar-refractivity contribution is 5.90. The van der Waals surface area contributed by atoms with Gasteiger partial charge in [-0.05, 0) is 55.2 Å². The third-order valence-electron chi connectivity index (χ3n) is 6.50. The Morgan fingerprint density at radius 3 is 2.62 bits per heavy atom. The molecule has 1 aromatic heterocycles. The molecule has 39 heavy (non-hydrogen) atoms. The van der Waals surface area contributed by atoms with E-state index >= 15 is 0 Å². The molecule has 1 unspecified atom stereocenters. The van der Waals surface area contributed by atoms with E-state index in [9.17, 15) is 19.7 Å². The molecule has 196 valence electrons. The molecule has 0 spiro atoms. The maximum atomic E-state index is 13.0. The van der Waals surface area contributed by atoms with E-state index in [1.54, 1.807) is 35.0 Å². The number of aromatic amines is 1. The van der Waals surface area contributed by atoms with Crippen molar-refractivity contribution >= 4 is 34.5 Å². The highest BCUT2D eigenvalue weighted by Crippen LogP contribution is 2.43. The number of non-ortho nitro benzene ring substituents is 1. The molecule has 2 aliphatic rings. The predicted octanol–water partition coefficient (Wildman–Crippen LogP) is 4.65. The summed E-state index contributed by atoms with van der Waals surface area (Å²) in [6, 6.07) is 14.8. The first-order valence-electron chi connectivity index (χ1n) is 12.1. The Labute approximate surface area is 221 Å². The van der Waals surface area contributed by atoms with Crippen LogP contribution in [-0.4, -0.2) is 26.3 Å². The van der Waals surface area contributed by atoms with Gasteiger partial charge in [0.1, 0.15) is 12.5 Å². The number of carbonyl (C=O) groups excluding carboxylic acids is 1. The third kappa shape index (κ3) is 5.21. The number of nitrogens with one attached hydrogen (secondary N) is 3. The van der Waals surface area contributed by atoms with Crippen molar-refractivity contribution in [1.29, 1.82) is 5.26 Å². The fourth-order valence-corrected chi connectivity index (χ4v) is 4.59. The normalized spacial score (nSPS) is 17.3. The van der Waals surface area contributed by atoms with Crippen molar-refractivity contribution in [2.24, 2.45) is 15.3 Å². The standard InChI is InChI=1S/C26H23N9O4/c1-15-2-6-17(7-3-15)29-32-23-25-28-21-11-8-18(30-31-22(36)12-13-27)14-20(21)24(34(25)33-26(23)37)16-4-9-19(10-5-16)35(38)39/h2-7,9-10,24,28H,8,11-12,14H2,1H3,(H,31,36)(H,33,37). The topological polar surface area (TPSA) is 183 Å². The number of carbonyl (C=O) groups is 1. The molecule has 1 aliphatic heterocycles. The largest absolute Gasteiger partial charge is 0.342 e. The van der Waals surface area contributed by atoms with Gasteiger partial charge in [0.15, 0.2) is 11.5 Å². The summed E-state index contributed by atoms with van der Waals surface area (Å²) in [5, 5.41) is 38.8. The number of nitrogens with zero attached hydrogens (tertiary/aromatic N) is 6. The van der Waals surface area contributed by atoms with Crippen LogP contribution in [0, 0.1) is 28.4 Å². The predicted molar refractivity (Wildman–Crippen MR) is 142 cm³/mol. The van der Waals surface area contributed by atoms with Crippen LogP contribution in [0.2, 0.25) is 0 Å². The number of hydrogen-bond acceptors (Lipinski definition) is 9. The number of aryl methyl sites for hydroxylation is 1. The van der Waals surface area contributed by atoms with Crippen molar-refractivity contribution in [3.63, 3.8) is 0 Å². The van der Waals surface area contributed by atoms with Crippen LogP contribution in [-0.2, 0) is 4.79 Å². The van der Waals surface area contributed by atoms with Gasteiger partial charge in [-0.3, -0.25) is 29.5 Å². The lowest BCUT2D eigenvalue weighted by atomic mass is 9.85. The second kappa shape index (κ2) is 10.5. The number of H-pyrrole nitrogens is 1. The molecule has 13 nitrogen and oxygen atoms in total. The minimum Gasteiger partial charge on any atom is -0.342 e. The first kappa shape index (κ1) is 25.3. The Bertz CT molecular complexity index is 1640. The van der Waals surface area contributed by atoms with Gasteiger partial charge in [0.05, 0.1) is 16.7 Å². The Kier molecular flexibility index (Phi) is 6.83. The number of nitro groups is 1. The summed E-state index contributed by atoms with van der Waals surface area (Å²) in [5.41, 5.74) is 6.84. The molecule has 0 saturated carbocycles. The van der Waals surface area contributed by atoms with E-state index in [2.05, 4.69) is 31.2 Å². The number of benzene rings is 2. The number of amides is 1. The fraction of sp³-hybridized carbons (Fsp3) is 0.231. The molecule has 2 aromatic carbocycles. The molecule has 5 rings (SSSR count). The Morgan fingerprint density at radius 2 is 1.92 bits per heavy atom. The van der Waals surface area contributed by atoms with Gasteiger partial charge in [-0.1, -0.05) is 17.7 Å². The zero-order chi connectivity index (χ0) is 27.5. The van der Waals surface area contributed by atoms with Crippen LogP contribution in [0.4, 0.5) is 22.9 Å². The zero-order valence-corrected chi connectivity index (χ0v) is 20.8. The molecule has 0 saturated heterocycles. The van der Waals surface area contributed by atoms with E-state index < -0.39 is 22.4 Å². The second-order valence-electron chi connectivity index (χ2n) is 9.15. The number of hydrazone groups is 1. The molecular formula is C26H23N9O4. The number of fused-ring (bicyclic) bond motifs is 1. The number of aromatic nitrogens is 2. The maximum absolute atomic E-state index is 13.0. The van der Waals surface area contributed by atoms with Gasteiger partial charge in [0.2, 0.25) is 0 Å². The Balaban J connectivity index is 1.55. The lowest BCUT2D eigenvalue weighted by molar-refractivity contribution is -0.384. The maximum Gasteiger partial charge on any atom is 0.294 e. The Morgan fingerprint density at radius 1 is 1.18 bits per heavy atom. The van der Waals surface area contributed by atoms with Crippen LogP contribution >= 0.6 is 0 Å². The molecule has 0 radical (unpaired) electrons. The summed E-state index contributed by atoms with van der Waals surface area (Å²) in [5.74, 6) is -0.0697. The number of allylic oxidation sites excluding steroid dienone is 2. The van der Waals surface area contributed by atoms with Gasteiger partial charge >= 0.3 is 0 Å². The van der Waals surface area contributed by atoms with Gasteiger partial charge < -0.3 is 5.32 Å². The molecule has 0 fully saturated rings. The van der Waals surface area contributed by atoms with Gasteiger partial charge in [0.25, 0.3) is 17.2 Å². The SMILES string of the molecule is Cc1ccc(N=Nc2c3n([nH]c2=O)C(c2ccc([N+](=O)[O-])cc2)C2=C(CCC(=NNC(=O)CC#N)C2)N3)cc1. The summed E-state index contributed by atoms with van der Waals surface area (Å²) in [4.78, 5) is 35.5. The van der Waals surface area contributed by atoms with Crippen LogP contribution in [0.3, 0.4) is 0 Å². The minimum atomic E-state index is -0.520. The van der Waals surface area contributed by atoms with Gasteiger partial charge in [-0.15, -0.1) is 5.11 Å². The van der Waals surface area contributed by atoms with Gasteiger partial charge in [-0.25, -0.2) is 5.43 Å². The summed E-state index contributed by atoms with van der Waals surface area (Å²) in [7, 11) is 0. The summed E-state index contributed by atoms with van der Waals surface area (Å²) >= 11 is 0. The molecule has 0 bridgehead atoms. The van der Waals surface area contributed by atoms with E-state index in [1.807, 2.05) is 19.1 Å². The van der Waals surface area contributed by atoms with E-state index in [0.29, 0.717) is 42.0 Å². The highest BCUT2D eigenvalue weighted by Gasteiger charge is 2.35. The van der Waals surface area contributed by atoms with Crippen LogP contribution in [0.1, 0.15) is 42.9 Å². The first-order chi connectivity index (χ1) is 18.8. The minimum absolute atomic E-state index is 0.0539. The van der Waals surface area contributed by atoms with Crippen molar-refractivity contribution < 1.29 is 9.72 Å². The summed E-state index contributed by atoms with van der Waals surface area (Å²) in [6.45, 7) is 1.96. The first-order valence-corrected chi connectivity index (χ1v) is 12.1. The van der Waals surface area contributed by atoms with Gasteiger partial charge in [-0.2, -0.15) is 15.5 Å². The number of azo groups is 1. The number of anilines is 1. The fourth-order valence-electron chi connectivity index (χ4n) is 4.59. The number of nitriles is 1. The van der Waals surface area contributed by atoms with Crippen LogP contribution in [0.5, 0.6) is 0 Å². The number of rotatable bonds is 6. The smallest absolute Gasteiger partial charge is 0.294 e. The number of hydrogen-bond donors (Lipinski definition) is 3. The molecule has 1 atom stereocenters. The average molecular weight is 526 g/mol.